The summed E-state index contributed by atoms with van der Waals surface area (Å²) < 4.78 is 0. The van der Waals surface area contributed by atoms with Crippen molar-refractivity contribution < 1.29 is 0 Å². The molecule has 0 heterocycles. The summed E-state index contributed by atoms with van der Waals surface area (Å²) in [5.41, 5.74) is 3.82. The Kier molecular flexibility index (Phi) is 2.96. The summed E-state index contributed by atoms with van der Waals surface area (Å²) in [5.74, 6) is 0. The van der Waals surface area contributed by atoms with Crippen LogP contribution in [0, 0.1) is 18.3 Å². The topological polar surface area (TPSA) is 23.8 Å². The molecule has 1 aromatic rings. The van der Waals surface area contributed by atoms with Crippen LogP contribution >= 0.6 is 0 Å². The third-order valence-corrected chi connectivity index (χ3v) is 2.48. The first kappa shape index (κ1) is 10.8. The van der Waals surface area contributed by atoms with E-state index in [2.05, 4.69) is 52.0 Å². The Labute approximate surface area is 86.4 Å². The molecule has 1 aromatic carbocycles. The predicted molar refractivity (Wildman–Crippen MR) is 59.2 cm³/mol. The Balaban J connectivity index is 3.14. The fourth-order valence-corrected chi connectivity index (χ4v) is 1.41. The molecule has 1 rings (SSSR count). The largest absolute Gasteiger partial charge is 0.198 e. The van der Waals surface area contributed by atoms with Gasteiger partial charge in [0.05, 0.1) is 12.5 Å². The highest BCUT2D eigenvalue weighted by Gasteiger charge is 2.14. The Bertz CT molecular complexity index is 364. The maximum atomic E-state index is 8.69. The van der Waals surface area contributed by atoms with Gasteiger partial charge in [0.2, 0.25) is 0 Å². The molecule has 0 radical (unpaired) electrons. The van der Waals surface area contributed by atoms with E-state index < -0.39 is 0 Å². The average molecular weight is 187 g/mol. The highest BCUT2D eigenvalue weighted by Crippen LogP contribution is 2.24. The minimum absolute atomic E-state index is 0.165. The Hall–Kier alpha value is -1.29. The highest BCUT2D eigenvalue weighted by molar-refractivity contribution is 5.35. The molecule has 0 atom stereocenters. The first-order valence-corrected chi connectivity index (χ1v) is 4.92. The lowest BCUT2D eigenvalue weighted by Gasteiger charge is -2.20. The summed E-state index contributed by atoms with van der Waals surface area (Å²) in [6.45, 7) is 8.62. The Morgan fingerprint density at radius 2 is 1.93 bits per heavy atom. The van der Waals surface area contributed by atoms with Crippen LogP contribution in [0.25, 0.3) is 0 Å². The second-order valence-electron chi connectivity index (χ2n) is 4.73. The van der Waals surface area contributed by atoms with Crippen molar-refractivity contribution in [3.05, 3.63) is 34.9 Å². The van der Waals surface area contributed by atoms with Crippen molar-refractivity contribution in [3.63, 3.8) is 0 Å². The summed E-state index contributed by atoms with van der Waals surface area (Å²) >= 11 is 0. The Morgan fingerprint density at radius 1 is 1.29 bits per heavy atom. The van der Waals surface area contributed by atoms with Gasteiger partial charge >= 0.3 is 0 Å². The molecule has 1 heteroatoms. The van der Waals surface area contributed by atoms with E-state index in [0.717, 1.165) is 5.56 Å². The molecule has 0 N–H and O–H groups in total. The standard InChI is InChI=1S/C13H17N/c1-10-5-6-12(13(2,3)4)9-11(10)7-8-14/h5-6,9H,7H2,1-4H3. The number of rotatable bonds is 1. The summed E-state index contributed by atoms with van der Waals surface area (Å²) in [6.07, 6.45) is 0.510. The molecule has 0 aliphatic rings. The molecule has 0 spiro atoms. The number of hydrogen-bond acceptors (Lipinski definition) is 1. The first-order valence-electron chi connectivity index (χ1n) is 4.92. The van der Waals surface area contributed by atoms with E-state index in [-0.39, 0.29) is 5.41 Å². The van der Waals surface area contributed by atoms with Crippen molar-refractivity contribution in [2.45, 2.75) is 39.5 Å². The third-order valence-electron chi connectivity index (χ3n) is 2.48. The van der Waals surface area contributed by atoms with E-state index in [1.807, 2.05) is 0 Å². The SMILES string of the molecule is Cc1ccc(C(C)(C)C)cc1CC#N. The number of aryl methyl sites for hydroxylation is 1. The maximum Gasteiger partial charge on any atom is 0.0669 e. The van der Waals surface area contributed by atoms with Gasteiger partial charge in [-0.3, -0.25) is 0 Å². The quantitative estimate of drug-likeness (QED) is 0.661. The highest BCUT2D eigenvalue weighted by atomic mass is 14.2. The number of benzene rings is 1. The zero-order valence-electron chi connectivity index (χ0n) is 9.39. The van der Waals surface area contributed by atoms with E-state index in [1.54, 1.807) is 0 Å². The van der Waals surface area contributed by atoms with Gasteiger partial charge in [-0.15, -0.1) is 0 Å². The van der Waals surface area contributed by atoms with Gasteiger partial charge in [-0.1, -0.05) is 39.0 Å². The smallest absolute Gasteiger partial charge is 0.0669 e. The lowest BCUT2D eigenvalue weighted by Crippen LogP contribution is -2.11. The van der Waals surface area contributed by atoms with E-state index in [4.69, 9.17) is 5.26 Å². The van der Waals surface area contributed by atoms with Crippen molar-refractivity contribution in [1.29, 1.82) is 5.26 Å². The van der Waals surface area contributed by atoms with Crippen molar-refractivity contribution in [2.75, 3.05) is 0 Å². The first-order chi connectivity index (χ1) is 6.45. The summed E-state index contributed by atoms with van der Waals surface area (Å²) in [7, 11) is 0. The fourth-order valence-electron chi connectivity index (χ4n) is 1.41. The van der Waals surface area contributed by atoms with E-state index in [1.165, 1.54) is 11.1 Å². The van der Waals surface area contributed by atoms with Gasteiger partial charge in [0.25, 0.3) is 0 Å². The Morgan fingerprint density at radius 3 is 2.43 bits per heavy atom. The summed E-state index contributed by atoms with van der Waals surface area (Å²) in [5, 5.41) is 8.69. The molecule has 0 saturated heterocycles. The molecule has 0 bridgehead atoms. The summed E-state index contributed by atoms with van der Waals surface area (Å²) in [6, 6.07) is 8.61. The molecule has 0 aliphatic carbocycles. The van der Waals surface area contributed by atoms with Gasteiger partial charge in [0.1, 0.15) is 0 Å². The van der Waals surface area contributed by atoms with Gasteiger partial charge in [-0.25, -0.2) is 0 Å². The van der Waals surface area contributed by atoms with Crippen molar-refractivity contribution >= 4 is 0 Å². The molecular formula is C13H17N. The van der Waals surface area contributed by atoms with Crippen molar-refractivity contribution in [2.24, 2.45) is 0 Å². The van der Waals surface area contributed by atoms with E-state index in [0.29, 0.717) is 6.42 Å². The maximum absolute atomic E-state index is 8.69. The van der Waals surface area contributed by atoms with Crippen LogP contribution in [0.5, 0.6) is 0 Å². The molecule has 0 unspecified atom stereocenters. The lowest BCUT2D eigenvalue weighted by atomic mass is 9.85. The van der Waals surface area contributed by atoms with Crippen molar-refractivity contribution in [3.8, 4) is 6.07 Å². The molecule has 0 saturated carbocycles. The van der Waals surface area contributed by atoms with Gasteiger partial charge in [0, 0.05) is 0 Å². The number of nitriles is 1. The molecular weight excluding hydrogens is 170 g/mol. The van der Waals surface area contributed by atoms with Crippen LogP contribution in [-0.4, -0.2) is 0 Å². The zero-order valence-corrected chi connectivity index (χ0v) is 9.39. The molecule has 74 valence electrons. The predicted octanol–water partition coefficient (Wildman–Crippen LogP) is 3.36. The molecule has 0 aromatic heterocycles. The van der Waals surface area contributed by atoms with Crippen molar-refractivity contribution in [1.82, 2.24) is 0 Å². The van der Waals surface area contributed by atoms with Gasteiger partial charge in [0.15, 0.2) is 0 Å². The van der Waals surface area contributed by atoms with Crippen LogP contribution in [0.15, 0.2) is 18.2 Å². The van der Waals surface area contributed by atoms with Crippen LogP contribution in [-0.2, 0) is 11.8 Å². The third kappa shape index (κ3) is 2.35. The van der Waals surface area contributed by atoms with Gasteiger partial charge < -0.3 is 0 Å². The second kappa shape index (κ2) is 3.84. The molecule has 1 nitrogen and oxygen atoms in total. The van der Waals surface area contributed by atoms with E-state index in [9.17, 15) is 0 Å². The van der Waals surface area contributed by atoms with Crippen LogP contribution in [0.4, 0.5) is 0 Å². The minimum Gasteiger partial charge on any atom is -0.198 e. The zero-order chi connectivity index (χ0) is 10.8. The summed E-state index contributed by atoms with van der Waals surface area (Å²) in [4.78, 5) is 0. The normalized spacial score (nSPS) is 11.1. The van der Waals surface area contributed by atoms with Gasteiger partial charge in [-0.2, -0.15) is 5.26 Å². The van der Waals surface area contributed by atoms with Crippen LogP contribution in [0.3, 0.4) is 0 Å². The van der Waals surface area contributed by atoms with Crippen LogP contribution in [0.1, 0.15) is 37.5 Å². The molecule has 0 amide bonds. The monoisotopic (exact) mass is 187 g/mol. The average Bonchev–Trinajstić information content (AvgIpc) is 2.07. The number of hydrogen-bond donors (Lipinski definition) is 0. The second-order valence-corrected chi connectivity index (χ2v) is 4.73. The van der Waals surface area contributed by atoms with Crippen LogP contribution < -0.4 is 0 Å². The van der Waals surface area contributed by atoms with E-state index >= 15 is 0 Å². The molecule has 0 fully saturated rings. The number of nitrogens with zero attached hydrogens (tertiary/aromatic N) is 1. The van der Waals surface area contributed by atoms with Crippen LogP contribution in [0.2, 0.25) is 0 Å². The lowest BCUT2D eigenvalue weighted by molar-refractivity contribution is 0.589. The minimum atomic E-state index is 0.165. The molecule has 0 aliphatic heterocycles. The molecule has 14 heavy (non-hydrogen) atoms. The fraction of sp³-hybridized carbons (Fsp3) is 0.462. The van der Waals surface area contributed by atoms with Gasteiger partial charge in [-0.05, 0) is 29.0 Å².